The molecule has 2 aromatic rings. The van der Waals surface area contributed by atoms with Gasteiger partial charge in [-0.3, -0.25) is 4.79 Å². The van der Waals surface area contributed by atoms with Gasteiger partial charge in [0.2, 0.25) is 10.0 Å². The van der Waals surface area contributed by atoms with Crippen molar-refractivity contribution in [1.29, 1.82) is 0 Å². The molecule has 6 heteroatoms. The predicted molar refractivity (Wildman–Crippen MR) is 71.8 cm³/mol. The van der Waals surface area contributed by atoms with Gasteiger partial charge in [-0.1, -0.05) is 12.1 Å². The smallest absolute Gasteiger partial charge is 0.243 e. The van der Waals surface area contributed by atoms with Crippen LogP contribution >= 0.6 is 0 Å². The fraction of sp³-hybridized carbons (Fsp3) is 0.214. The highest BCUT2D eigenvalue weighted by Crippen LogP contribution is 2.25. The molecular weight excluding hydrogens is 278 g/mol. The summed E-state index contributed by atoms with van der Waals surface area (Å²) in [5, 5.41) is 0. The Hall–Kier alpha value is -1.92. The lowest BCUT2D eigenvalue weighted by Crippen LogP contribution is -2.35. The van der Waals surface area contributed by atoms with E-state index < -0.39 is 10.0 Å². The molecule has 1 aliphatic rings. The van der Waals surface area contributed by atoms with Crippen LogP contribution in [0.5, 0.6) is 0 Å². The highest BCUT2D eigenvalue weighted by atomic mass is 32.2. The fourth-order valence-corrected chi connectivity index (χ4v) is 3.71. The SMILES string of the molecule is O=Cc1ccc(S(=O)(=O)N2CCc3occc3C2)cc1. The molecule has 0 amide bonds. The van der Waals surface area contributed by atoms with Crippen molar-refractivity contribution in [3.8, 4) is 0 Å². The van der Waals surface area contributed by atoms with E-state index in [9.17, 15) is 13.2 Å². The minimum absolute atomic E-state index is 0.204. The van der Waals surface area contributed by atoms with E-state index >= 15 is 0 Å². The summed E-state index contributed by atoms with van der Waals surface area (Å²) in [5.41, 5.74) is 1.36. The molecule has 104 valence electrons. The van der Waals surface area contributed by atoms with Gasteiger partial charge >= 0.3 is 0 Å². The van der Waals surface area contributed by atoms with Crippen LogP contribution in [-0.4, -0.2) is 25.6 Å². The molecule has 1 aromatic heterocycles. The van der Waals surface area contributed by atoms with Crippen LogP contribution in [0.3, 0.4) is 0 Å². The van der Waals surface area contributed by atoms with Gasteiger partial charge in [0.05, 0.1) is 11.2 Å². The van der Waals surface area contributed by atoms with Crippen molar-refractivity contribution < 1.29 is 17.6 Å². The van der Waals surface area contributed by atoms with Crippen molar-refractivity contribution in [2.24, 2.45) is 0 Å². The zero-order valence-electron chi connectivity index (χ0n) is 10.7. The molecule has 0 radical (unpaired) electrons. The lowest BCUT2D eigenvalue weighted by Gasteiger charge is -2.25. The topological polar surface area (TPSA) is 67.6 Å². The van der Waals surface area contributed by atoms with Gasteiger partial charge in [0.15, 0.2) is 0 Å². The first kappa shape index (κ1) is 13.1. The number of rotatable bonds is 3. The molecule has 0 saturated heterocycles. The van der Waals surface area contributed by atoms with Gasteiger partial charge in [-0.2, -0.15) is 4.31 Å². The Morgan fingerprint density at radius 1 is 1.15 bits per heavy atom. The summed E-state index contributed by atoms with van der Waals surface area (Å²) in [7, 11) is -3.53. The number of benzene rings is 1. The third-order valence-electron chi connectivity index (χ3n) is 3.43. The van der Waals surface area contributed by atoms with Crippen LogP contribution in [-0.2, 0) is 23.0 Å². The summed E-state index contributed by atoms with van der Waals surface area (Å²) in [6.07, 6.45) is 2.85. The Morgan fingerprint density at radius 2 is 1.90 bits per heavy atom. The molecule has 0 bridgehead atoms. The van der Waals surface area contributed by atoms with Gasteiger partial charge in [-0.05, 0) is 18.2 Å². The first-order chi connectivity index (χ1) is 9.61. The second-order valence-corrected chi connectivity index (χ2v) is 6.58. The molecule has 0 spiro atoms. The van der Waals surface area contributed by atoms with Gasteiger partial charge < -0.3 is 4.42 Å². The molecule has 1 aliphatic heterocycles. The number of aldehydes is 1. The van der Waals surface area contributed by atoms with Crippen molar-refractivity contribution in [2.75, 3.05) is 6.54 Å². The van der Waals surface area contributed by atoms with E-state index in [1.165, 1.54) is 28.6 Å². The van der Waals surface area contributed by atoms with Crippen LogP contribution in [0.25, 0.3) is 0 Å². The quantitative estimate of drug-likeness (QED) is 0.809. The number of sulfonamides is 1. The summed E-state index contributed by atoms with van der Waals surface area (Å²) in [5.74, 6) is 0.854. The molecular formula is C14H13NO4S. The number of nitrogens with zero attached hydrogens (tertiary/aromatic N) is 1. The zero-order valence-corrected chi connectivity index (χ0v) is 11.5. The number of fused-ring (bicyclic) bond motifs is 1. The maximum atomic E-state index is 12.5. The van der Waals surface area contributed by atoms with Crippen molar-refractivity contribution in [2.45, 2.75) is 17.9 Å². The van der Waals surface area contributed by atoms with Gasteiger partial charge in [-0.15, -0.1) is 0 Å². The Bertz CT molecular complexity index is 731. The third kappa shape index (κ3) is 2.17. The first-order valence-electron chi connectivity index (χ1n) is 6.22. The minimum Gasteiger partial charge on any atom is -0.469 e. The number of hydrogen-bond donors (Lipinski definition) is 0. The highest BCUT2D eigenvalue weighted by molar-refractivity contribution is 7.89. The number of carbonyl (C=O) groups is 1. The highest BCUT2D eigenvalue weighted by Gasteiger charge is 2.29. The number of hydrogen-bond acceptors (Lipinski definition) is 4. The maximum absolute atomic E-state index is 12.5. The normalized spacial score (nSPS) is 15.8. The van der Waals surface area contributed by atoms with Crippen LogP contribution in [0.1, 0.15) is 21.7 Å². The van der Waals surface area contributed by atoms with Gasteiger partial charge in [0, 0.05) is 30.6 Å². The van der Waals surface area contributed by atoms with E-state index in [0.29, 0.717) is 31.4 Å². The molecule has 3 rings (SSSR count). The lowest BCUT2D eigenvalue weighted by molar-refractivity contribution is 0.112. The van der Waals surface area contributed by atoms with Crippen LogP contribution in [0.2, 0.25) is 0 Å². The Morgan fingerprint density at radius 3 is 2.60 bits per heavy atom. The summed E-state index contributed by atoms with van der Waals surface area (Å²) >= 11 is 0. The van der Waals surface area contributed by atoms with E-state index in [1.807, 2.05) is 0 Å². The van der Waals surface area contributed by atoms with E-state index in [0.717, 1.165) is 11.3 Å². The van der Waals surface area contributed by atoms with Crippen LogP contribution in [0.15, 0.2) is 45.9 Å². The molecule has 0 saturated carbocycles. The van der Waals surface area contributed by atoms with Gasteiger partial charge in [0.1, 0.15) is 12.0 Å². The van der Waals surface area contributed by atoms with Crippen molar-refractivity contribution in [1.82, 2.24) is 4.31 Å². The van der Waals surface area contributed by atoms with Gasteiger partial charge in [0.25, 0.3) is 0 Å². The van der Waals surface area contributed by atoms with E-state index in [-0.39, 0.29) is 4.90 Å². The van der Waals surface area contributed by atoms with Crippen molar-refractivity contribution >= 4 is 16.3 Å². The zero-order chi connectivity index (χ0) is 14.2. The Kier molecular flexibility index (Phi) is 3.19. The van der Waals surface area contributed by atoms with Gasteiger partial charge in [-0.25, -0.2) is 8.42 Å². The van der Waals surface area contributed by atoms with Crippen LogP contribution < -0.4 is 0 Å². The minimum atomic E-state index is -3.53. The summed E-state index contributed by atoms with van der Waals surface area (Å²) < 4.78 is 31.8. The summed E-state index contributed by atoms with van der Waals surface area (Å²) in [6.45, 7) is 0.724. The third-order valence-corrected chi connectivity index (χ3v) is 5.29. The van der Waals surface area contributed by atoms with E-state index in [4.69, 9.17) is 4.42 Å². The second kappa shape index (κ2) is 4.88. The average molecular weight is 291 g/mol. The maximum Gasteiger partial charge on any atom is 0.243 e. The van der Waals surface area contributed by atoms with Crippen LogP contribution in [0, 0.1) is 0 Å². The molecule has 0 fully saturated rings. The molecule has 0 N–H and O–H groups in total. The fourth-order valence-electron chi connectivity index (χ4n) is 2.30. The van der Waals surface area contributed by atoms with Crippen molar-refractivity contribution in [3.05, 3.63) is 53.5 Å². The summed E-state index contributed by atoms with van der Waals surface area (Å²) in [4.78, 5) is 10.8. The molecule has 1 aromatic carbocycles. The molecule has 2 heterocycles. The second-order valence-electron chi connectivity index (χ2n) is 4.64. The van der Waals surface area contributed by atoms with E-state index in [1.54, 1.807) is 12.3 Å². The Labute approximate surface area is 116 Å². The molecule has 0 aliphatic carbocycles. The Balaban J connectivity index is 1.90. The molecule has 20 heavy (non-hydrogen) atoms. The predicted octanol–water partition coefficient (Wildman–Crippen LogP) is 1.84. The molecule has 0 atom stereocenters. The largest absolute Gasteiger partial charge is 0.469 e. The number of carbonyl (C=O) groups excluding carboxylic acids is 1. The molecule has 0 unspecified atom stereocenters. The van der Waals surface area contributed by atoms with E-state index in [2.05, 4.69) is 0 Å². The summed E-state index contributed by atoms with van der Waals surface area (Å²) in [6, 6.07) is 7.74. The molecule has 5 nitrogen and oxygen atoms in total. The monoisotopic (exact) mass is 291 g/mol. The average Bonchev–Trinajstić information content (AvgIpc) is 2.94. The number of furan rings is 1. The first-order valence-corrected chi connectivity index (χ1v) is 7.66. The standard InChI is InChI=1S/C14H13NO4S/c16-10-11-1-3-13(4-2-11)20(17,18)15-7-5-14-12(9-15)6-8-19-14/h1-4,6,8,10H,5,7,9H2. The van der Waals surface area contributed by atoms with Crippen LogP contribution in [0.4, 0.5) is 0 Å². The lowest BCUT2D eigenvalue weighted by atomic mass is 10.1. The van der Waals surface area contributed by atoms with Crippen molar-refractivity contribution in [3.63, 3.8) is 0 Å².